The number of rotatable bonds is 14. The van der Waals surface area contributed by atoms with Crippen molar-refractivity contribution < 1.29 is 23.6 Å². The van der Waals surface area contributed by atoms with Gasteiger partial charge in [0.25, 0.3) is 5.91 Å². The summed E-state index contributed by atoms with van der Waals surface area (Å²) in [7, 11) is 0. The highest BCUT2D eigenvalue weighted by atomic mass is 16.6. The summed E-state index contributed by atoms with van der Waals surface area (Å²) in [6.07, 6.45) is 2.28. The molecule has 0 fully saturated rings. The van der Waals surface area contributed by atoms with E-state index in [9.17, 15) is 9.59 Å². The average molecular weight is 541 g/mol. The molecule has 7 heteroatoms. The lowest BCUT2D eigenvalue weighted by atomic mass is 9.88. The van der Waals surface area contributed by atoms with E-state index in [4.69, 9.17) is 14.0 Å². The molecule has 0 spiro atoms. The van der Waals surface area contributed by atoms with Gasteiger partial charge in [0.15, 0.2) is 12.3 Å². The number of hydrogen-bond acceptors (Lipinski definition) is 6. The second-order valence-electron chi connectivity index (χ2n) is 9.62. The number of carbonyl (C=O) groups is 2. The Labute approximate surface area is 235 Å². The van der Waals surface area contributed by atoms with Crippen LogP contribution in [0.25, 0.3) is 0 Å². The van der Waals surface area contributed by atoms with Crippen LogP contribution in [0.1, 0.15) is 58.6 Å². The third-order valence-electron chi connectivity index (χ3n) is 6.68. The molecule has 0 aliphatic rings. The Hall–Kier alpha value is -4.39. The van der Waals surface area contributed by atoms with Crippen molar-refractivity contribution in [1.29, 1.82) is 0 Å². The minimum Gasteiger partial charge on any atom is -0.482 e. The highest BCUT2D eigenvalue weighted by Gasteiger charge is 2.22. The van der Waals surface area contributed by atoms with Crippen LogP contribution >= 0.6 is 0 Å². The van der Waals surface area contributed by atoms with Crippen LogP contribution in [0.4, 0.5) is 0 Å². The van der Waals surface area contributed by atoms with E-state index in [1.54, 1.807) is 19.9 Å². The fourth-order valence-corrected chi connectivity index (χ4v) is 4.74. The number of amides is 1. The van der Waals surface area contributed by atoms with Crippen LogP contribution in [0.3, 0.4) is 0 Å². The predicted octanol–water partition coefficient (Wildman–Crippen LogP) is 6.22. The molecule has 0 saturated carbocycles. The van der Waals surface area contributed by atoms with Gasteiger partial charge in [-0.1, -0.05) is 78.0 Å². The van der Waals surface area contributed by atoms with Crippen molar-refractivity contribution in [3.63, 3.8) is 0 Å². The first kappa shape index (κ1) is 28.6. The van der Waals surface area contributed by atoms with Gasteiger partial charge in [-0.2, -0.15) is 0 Å². The normalized spacial score (nSPS) is 10.9. The summed E-state index contributed by atoms with van der Waals surface area (Å²) in [6, 6.07) is 30.2. The molecule has 0 radical (unpaired) electrons. The summed E-state index contributed by atoms with van der Waals surface area (Å²) < 4.78 is 15.7. The van der Waals surface area contributed by atoms with Gasteiger partial charge in [0.05, 0.1) is 6.61 Å². The van der Waals surface area contributed by atoms with Crippen molar-refractivity contribution in [2.75, 3.05) is 26.3 Å². The van der Waals surface area contributed by atoms with E-state index in [1.165, 1.54) is 11.1 Å². The first-order valence-electron chi connectivity index (χ1n) is 13.7. The van der Waals surface area contributed by atoms with E-state index >= 15 is 0 Å². The molecule has 0 bridgehead atoms. The van der Waals surface area contributed by atoms with Crippen LogP contribution in [0, 0.1) is 6.92 Å². The molecule has 7 nitrogen and oxygen atoms in total. The maximum Gasteiger partial charge on any atom is 0.344 e. The number of aromatic nitrogens is 1. The van der Waals surface area contributed by atoms with Crippen LogP contribution in [0.15, 0.2) is 95.5 Å². The Morgan fingerprint density at radius 1 is 0.900 bits per heavy atom. The molecule has 1 heterocycles. The third kappa shape index (κ3) is 8.30. The lowest BCUT2D eigenvalue weighted by Gasteiger charge is -2.25. The Morgan fingerprint density at radius 2 is 1.60 bits per heavy atom. The lowest BCUT2D eigenvalue weighted by Crippen LogP contribution is -2.34. The molecule has 1 aromatic heterocycles. The van der Waals surface area contributed by atoms with Crippen LogP contribution in [0.5, 0.6) is 5.75 Å². The van der Waals surface area contributed by atoms with Gasteiger partial charge in [0, 0.05) is 25.1 Å². The highest BCUT2D eigenvalue weighted by Crippen LogP contribution is 2.28. The van der Waals surface area contributed by atoms with Gasteiger partial charge in [-0.05, 0) is 61.9 Å². The zero-order valence-electron chi connectivity index (χ0n) is 23.1. The van der Waals surface area contributed by atoms with E-state index in [0.717, 1.165) is 24.8 Å². The van der Waals surface area contributed by atoms with Crippen molar-refractivity contribution in [3.8, 4) is 5.75 Å². The minimum absolute atomic E-state index is 0.124. The summed E-state index contributed by atoms with van der Waals surface area (Å²) in [5.41, 5.74) is 3.83. The Kier molecular flexibility index (Phi) is 10.5. The van der Waals surface area contributed by atoms with Gasteiger partial charge >= 0.3 is 5.97 Å². The van der Waals surface area contributed by atoms with E-state index in [1.807, 2.05) is 41.3 Å². The molecule has 208 valence electrons. The number of hydrogen-bond donors (Lipinski definition) is 0. The summed E-state index contributed by atoms with van der Waals surface area (Å²) in [5.74, 6) is 0.849. The molecule has 0 aliphatic heterocycles. The quantitative estimate of drug-likeness (QED) is 0.177. The number of benzene rings is 3. The Morgan fingerprint density at radius 3 is 2.23 bits per heavy atom. The van der Waals surface area contributed by atoms with E-state index < -0.39 is 5.97 Å². The monoisotopic (exact) mass is 540 g/mol. The average Bonchev–Trinajstić information content (AvgIpc) is 3.42. The maximum atomic E-state index is 13.5. The zero-order valence-corrected chi connectivity index (χ0v) is 23.1. The Balaban J connectivity index is 1.44. The molecule has 0 unspecified atom stereocenters. The number of esters is 1. The van der Waals surface area contributed by atoms with Crippen molar-refractivity contribution >= 4 is 11.9 Å². The van der Waals surface area contributed by atoms with Gasteiger partial charge in [-0.3, -0.25) is 4.79 Å². The lowest BCUT2D eigenvalue weighted by molar-refractivity contribution is -0.145. The van der Waals surface area contributed by atoms with Crippen LogP contribution in [-0.2, 0) is 16.0 Å². The van der Waals surface area contributed by atoms with Crippen molar-refractivity contribution in [3.05, 3.63) is 119 Å². The van der Waals surface area contributed by atoms with Gasteiger partial charge in [-0.25, -0.2) is 4.79 Å². The SMILES string of the molecule is CCOC(=O)COc1cccc(CCCN(CCC(c2ccccc2)c2ccccc2)C(=O)c2cc(C)on2)c1. The molecule has 0 aliphatic carbocycles. The standard InChI is InChI=1S/C33H36N2O5/c1-3-38-32(36)24-39-29-18-10-12-26(23-29)13-11-20-35(33(37)31-22-25(2)40-34-31)21-19-30(27-14-6-4-7-15-27)28-16-8-5-9-17-28/h4-10,12,14-18,22-23,30H,3,11,13,19-21,24H2,1-2H3. The van der Waals surface area contributed by atoms with Crippen molar-refractivity contribution in [2.45, 2.75) is 39.0 Å². The molecule has 0 saturated heterocycles. The third-order valence-corrected chi connectivity index (χ3v) is 6.68. The Bertz CT molecular complexity index is 1310. The topological polar surface area (TPSA) is 81.9 Å². The molecule has 0 N–H and O–H groups in total. The first-order chi connectivity index (χ1) is 19.5. The maximum absolute atomic E-state index is 13.5. The highest BCUT2D eigenvalue weighted by molar-refractivity contribution is 5.92. The molecule has 1 amide bonds. The molecule has 3 aromatic carbocycles. The molecular weight excluding hydrogens is 504 g/mol. The summed E-state index contributed by atoms with van der Waals surface area (Å²) >= 11 is 0. The zero-order chi connectivity index (χ0) is 28.2. The number of aryl methyl sites for hydroxylation is 2. The second kappa shape index (κ2) is 14.7. The largest absolute Gasteiger partial charge is 0.482 e. The van der Waals surface area contributed by atoms with Crippen molar-refractivity contribution in [1.82, 2.24) is 10.1 Å². The number of nitrogens with zero attached hydrogens (tertiary/aromatic N) is 2. The second-order valence-corrected chi connectivity index (χ2v) is 9.62. The van der Waals surface area contributed by atoms with E-state index in [2.05, 4.69) is 53.7 Å². The summed E-state index contributed by atoms with van der Waals surface area (Å²) in [5, 5.41) is 3.99. The fourth-order valence-electron chi connectivity index (χ4n) is 4.74. The number of carbonyl (C=O) groups excluding carboxylic acids is 2. The smallest absolute Gasteiger partial charge is 0.344 e. The van der Waals surface area contributed by atoms with Crippen LogP contribution < -0.4 is 4.74 Å². The fraction of sp³-hybridized carbons (Fsp3) is 0.303. The predicted molar refractivity (Wildman–Crippen MR) is 153 cm³/mol. The molecule has 40 heavy (non-hydrogen) atoms. The van der Waals surface area contributed by atoms with Gasteiger partial charge in [0.2, 0.25) is 0 Å². The molecular formula is C33H36N2O5. The van der Waals surface area contributed by atoms with Crippen LogP contribution in [0.2, 0.25) is 0 Å². The van der Waals surface area contributed by atoms with Gasteiger partial charge < -0.3 is 18.9 Å². The number of ether oxygens (including phenoxy) is 2. The van der Waals surface area contributed by atoms with E-state index in [0.29, 0.717) is 36.9 Å². The molecule has 0 atom stereocenters. The van der Waals surface area contributed by atoms with Crippen molar-refractivity contribution in [2.24, 2.45) is 0 Å². The molecule has 4 rings (SSSR count). The van der Waals surface area contributed by atoms with Gasteiger partial charge in [-0.15, -0.1) is 0 Å². The van der Waals surface area contributed by atoms with Gasteiger partial charge in [0.1, 0.15) is 11.5 Å². The summed E-state index contributed by atoms with van der Waals surface area (Å²) in [4.78, 5) is 27.0. The van der Waals surface area contributed by atoms with E-state index in [-0.39, 0.29) is 18.4 Å². The minimum atomic E-state index is -0.394. The van der Waals surface area contributed by atoms with Crippen LogP contribution in [-0.4, -0.2) is 48.2 Å². The summed E-state index contributed by atoms with van der Waals surface area (Å²) in [6.45, 7) is 4.88. The molecule has 4 aromatic rings. The first-order valence-corrected chi connectivity index (χ1v) is 13.7.